The lowest BCUT2D eigenvalue weighted by molar-refractivity contribution is 0.235. The maximum absolute atomic E-state index is 11.2. The molecule has 4 heterocycles. The van der Waals surface area contributed by atoms with Crippen LogP contribution in [0.5, 0.6) is 11.5 Å². The van der Waals surface area contributed by atoms with Gasteiger partial charge in [-0.15, -0.1) is 0 Å². The van der Waals surface area contributed by atoms with Crippen molar-refractivity contribution >= 4 is 0 Å². The molecule has 0 unspecified atom stereocenters. The summed E-state index contributed by atoms with van der Waals surface area (Å²) in [5, 5.41) is 22.4. The van der Waals surface area contributed by atoms with Crippen LogP contribution in [0, 0.1) is 13.8 Å². The van der Waals surface area contributed by atoms with Gasteiger partial charge in [0.15, 0.2) is 5.75 Å². The Hall–Kier alpha value is -2.78. The number of nitrogens with two attached hydrogens (primary N) is 1. The topological polar surface area (TPSA) is 125 Å². The first-order valence-corrected chi connectivity index (χ1v) is 10.7. The van der Waals surface area contributed by atoms with Crippen molar-refractivity contribution in [3.05, 3.63) is 56.5 Å². The molecule has 0 saturated carbocycles. The van der Waals surface area contributed by atoms with Crippen LogP contribution in [0.3, 0.4) is 0 Å². The van der Waals surface area contributed by atoms with E-state index in [0.717, 1.165) is 26.2 Å². The molecule has 31 heavy (non-hydrogen) atoms. The molecular formula is C22H34N4O5. The molecule has 4 N–H and O–H groups in total. The molecule has 2 fully saturated rings. The summed E-state index contributed by atoms with van der Waals surface area (Å²) in [6.45, 7) is 7.47. The quantitative estimate of drug-likeness (QED) is 0.582. The second-order valence-corrected chi connectivity index (χ2v) is 7.76. The first kappa shape index (κ1) is 24.5. The highest BCUT2D eigenvalue weighted by molar-refractivity contribution is 5.26. The SMILES string of the molecule is Cc1c(O)c(=O)ccn1N1CCCCC1.Cc1occc(=O)c1O.NN1CCCCC1. The van der Waals surface area contributed by atoms with Crippen LogP contribution < -0.4 is 21.7 Å². The highest BCUT2D eigenvalue weighted by atomic mass is 16.4. The third-order valence-corrected chi connectivity index (χ3v) is 5.35. The molecule has 0 bridgehead atoms. The molecule has 2 aromatic heterocycles. The zero-order chi connectivity index (χ0) is 22.8. The van der Waals surface area contributed by atoms with E-state index in [1.54, 1.807) is 13.1 Å². The van der Waals surface area contributed by atoms with Crippen molar-refractivity contribution < 1.29 is 14.6 Å². The van der Waals surface area contributed by atoms with Crippen molar-refractivity contribution in [3.63, 3.8) is 0 Å². The Labute approximate surface area is 182 Å². The fourth-order valence-electron chi connectivity index (χ4n) is 3.44. The molecular weight excluding hydrogens is 400 g/mol. The lowest BCUT2D eigenvalue weighted by Gasteiger charge is -2.32. The fraction of sp³-hybridized carbons (Fsp3) is 0.545. The largest absolute Gasteiger partial charge is 0.503 e. The van der Waals surface area contributed by atoms with Crippen LogP contribution in [0.2, 0.25) is 0 Å². The minimum absolute atomic E-state index is 0.136. The zero-order valence-electron chi connectivity index (χ0n) is 18.4. The summed E-state index contributed by atoms with van der Waals surface area (Å²) < 4.78 is 6.57. The Morgan fingerprint density at radius 3 is 1.87 bits per heavy atom. The minimum atomic E-state index is -0.404. The van der Waals surface area contributed by atoms with Gasteiger partial charge in [0, 0.05) is 44.5 Å². The summed E-state index contributed by atoms with van der Waals surface area (Å²) in [4.78, 5) is 21.7. The Morgan fingerprint density at radius 2 is 1.39 bits per heavy atom. The van der Waals surface area contributed by atoms with Crippen molar-refractivity contribution in [1.29, 1.82) is 0 Å². The first-order valence-electron chi connectivity index (χ1n) is 10.7. The third kappa shape index (κ3) is 7.45. The molecule has 0 atom stereocenters. The number of hydrogen-bond acceptors (Lipinski definition) is 8. The smallest absolute Gasteiger partial charge is 0.226 e. The van der Waals surface area contributed by atoms with Gasteiger partial charge in [0.25, 0.3) is 0 Å². The Bertz CT molecular complexity index is 928. The van der Waals surface area contributed by atoms with Crippen LogP contribution in [0.25, 0.3) is 0 Å². The van der Waals surface area contributed by atoms with Gasteiger partial charge in [0.05, 0.1) is 12.0 Å². The number of aromatic hydroxyl groups is 2. The van der Waals surface area contributed by atoms with Crippen LogP contribution in [0.1, 0.15) is 50.0 Å². The van der Waals surface area contributed by atoms with Crippen LogP contribution in [-0.2, 0) is 0 Å². The van der Waals surface area contributed by atoms with E-state index in [9.17, 15) is 14.7 Å². The molecule has 2 aliphatic heterocycles. The predicted molar refractivity (Wildman–Crippen MR) is 120 cm³/mol. The Kier molecular flexibility index (Phi) is 9.61. The van der Waals surface area contributed by atoms with Gasteiger partial charge in [-0.1, -0.05) is 6.42 Å². The van der Waals surface area contributed by atoms with E-state index in [0.29, 0.717) is 5.69 Å². The van der Waals surface area contributed by atoms with E-state index >= 15 is 0 Å². The van der Waals surface area contributed by atoms with E-state index in [1.165, 1.54) is 63.8 Å². The summed E-state index contributed by atoms with van der Waals surface area (Å²) in [6, 6.07) is 2.58. The number of rotatable bonds is 1. The molecule has 2 saturated heterocycles. The molecule has 9 heteroatoms. The number of aromatic nitrogens is 1. The molecule has 2 aromatic rings. The van der Waals surface area contributed by atoms with Crippen molar-refractivity contribution in [2.75, 3.05) is 31.2 Å². The number of piperidine rings is 2. The first-order chi connectivity index (χ1) is 14.8. The molecule has 2 aliphatic rings. The van der Waals surface area contributed by atoms with Gasteiger partial charge >= 0.3 is 0 Å². The molecule has 9 nitrogen and oxygen atoms in total. The van der Waals surface area contributed by atoms with Gasteiger partial charge in [-0.2, -0.15) is 0 Å². The number of hydrazine groups is 1. The van der Waals surface area contributed by atoms with Crippen molar-refractivity contribution in [2.24, 2.45) is 5.84 Å². The van der Waals surface area contributed by atoms with Crippen molar-refractivity contribution in [3.8, 4) is 11.5 Å². The number of hydrogen-bond donors (Lipinski definition) is 3. The summed E-state index contributed by atoms with van der Waals surface area (Å²) in [6.07, 6.45) is 10.5. The highest BCUT2D eigenvalue weighted by Crippen LogP contribution is 2.14. The van der Waals surface area contributed by atoms with E-state index in [1.807, 2.05) is 9.69 Å². The fourth-order valence-corrected chi connectivity index (χ4v) is 3.44. The van der Waals surface area contributed by atoms with Gasteiger partial charge in [0.2, 0.25) is 16.6 Å². The molecule has 4 rings (SSSR count). The van der Waals surface area contributed by atoms with E-state index in [4.69, 9.17) is 10.9 Å². The van der Waals surface area contributed by atoms with Gasteiger partial charge in [-0.3, -0.25) is 20.1 Å². The van der Waals surface area contributed by atoms with Gasteiger partial charge < -0.3 is 19.6 Å². The average molecular weight is 435 g/mol. The van der Waals surface area contributed by atoms with Gasteiger partial charge in [-0.25, -0.2) is 5.01 Å². The van der Waals surface area contributed by atoms with E-state index in [-0.39, 0.29) is 22.7 Å². The number of nitrogens with zero attached hydrogens (tertiary/aromatic N) is 3. The Balaban J connectivity index is 0.000000181. The molecule has 0 radical (unpaired) electrons. The third-order valence-electron chi connectivity index (χ3n) is 5.35. The van der Waals surface area contributed by atoms with Crippen molar-refractivity contribution in [1.82, 2.24) is 9.69 Å². The van der Waals surface area contributed by atoms with Crippen LogP contribution in [-0.4, -0.2) is 46.1 Å². The Morgan fingerprint density at radius 1 is 0.839 bits per heavy atom. The zero-order valence-corrected chi connectivity index (χ0v) is 18.4. The molecule has 0 aromatic carbocycles. The van der Waals surface area contributed by atoms with Crippen molar-refractivity contribution in [2.45, 2.75) is 52.4 Å². The number of pyridine rings is 1. The average Bonchev–Trinajstić information content (AvgIpc) is 2.78. The van der Waals surface area contributed by atoms with Crippen LogP contribution >= 0.6 is 0 Å². The molecule has 172 valence electrons. The lowest BCUT2D eigenvalue weighted by Crippen LogP contribution is -2.40. The van der Waals surface area contributed by atoms with E-state index < -0.39 is 5.43 Å². The van der Waals surface area contributed by atoms with Gasteiger partial charge in [0.1, 0.15) is 5.76 Å². The van der Waals surface area contributed by atoms with Gasteiger partial charge in [-0.05, 0) is 46.0 Å². The summed E-state index contributed by atoms with van der Waals surface area (Å²) in [5.74, 6) is 5.28. The summed E-state index contributed by atoms with van der Waals surface area (Å²) in [7, 11) is 0. The molecule has 0 spiro atoms. The van der Waals surface area contributed by atoms with Crippen LogP contribution in [0.15, 0.2) is 38.6 Å². The summed E-state index contributed by atoms with van der Waals surface area (Å²) >= 11 is 0. The predicted octanol–water partition coefficient (Wildman–Crippen LogP) is 1.98. The molecule has 0 aliphatic carbocycles. The van der Waals surface area contributed by atoms with Crippen LogP contribution in [0.4, 0.5) is 0 Å². The van der Waals surface area contributed by atoms with E-state index in [2.05, 4.69) is 9.43 Å². The molecule has 0 amide bonds. The minimum Gasteiger partial charge on any atom is -0.503 e. The number of aryl methyl sites for hydroxylation is 1. The standard InChI is InChI=1S/C11H16N2O2.C6H6O3.C5H12N2/c1-9-11(15)10(14)5-8-13(9)12-6-3-2-4-7-12;1-4-6(8)5(7)2-3-9-4;6-7-4-2-1-3-5-7/h5,8,15H,2-4,6-7H2,1H3;2-3,8H,1H3;1-6H2. The second kappa shape index (κ2) is 12.2. The monoisotopic (exact) mass is 434 g/mol. The lowest BCUT2D eigenvalue weighted by atomic mass is 10.2. The second-order valence-electron chi connectivity index (χ2n) is 7.76. The summed E-state index contributed by atoms with van der Waals surface area (Å²) in [5.41, 5.74) is -0.0797. The maximum Gasteiger partial charge on any atom is 0.226 e. The highest BCUT2D eigenvalue weighted by Gasteiger charge is 2.13. The maximum atomic E-state index is 11.2. The normalized spacial score (nSPS) is 16.5.